The molecule has 0 aromatic carbocycles. The second-order valence-electron chi connectivity index (χ2n) is 4.12. The fourth-order valence-electron chi connectivity index (χ4n) is 1.39. The lowest BCUT2D eigenvalue weighted by atomic mass is 9.88. The monoisotopic (exact) mass is 143 g/mol. The van der Waals surface area contributed by atoms with Crippen LogP contribution in [0.2, 0.25) is 0 Å². The molecule has 0 heterocycles. The molecule has 60 valence electrons. The number of nitrogens with two attached hydrogens (primary N) is 1. The van der Waals surface area contributed by atoms with Gasteiger partial charge in [-0.1, -0.05) is 26.7 Å². The Bertz CT molecular complexity index is 108. The van der Waals surface area contributed by atoms with Crippen molar-refractivity contribution in [3.63, 3.8) is 0 Å². The normalized spacial score (nSPS) is 19.5. The van der Waals surface area contributed by atoms with E-state index in [1.807, 2.05) is 0 Å². The molecule has 1 fully saturated rings. The van der Waals surface area contributed by atoms with E-state index in [9.17, 15) is 0 Å². The van der Waals surface area contributed by atoms with E-state index in [0.717, 1.165) is 5.92 Å². The smallest absolute Gasteiger partial charge is 0.0730 e. The summed E-state index contributed by atoms with van der Waals surface area (Å²) in [5.74, 6) is 5.97. The summed E-state index contributed by atoms with van der Waals surface area (Å²) in [6, 6.07) is 0. The van der Waals surface area contributed by atoms with Gasteiger partial charge in [0.05, 0.1) is 6.61 Å². The van der Waals surface area contributed by atoms with E-state index in [0.29, 0.717) is 6.61 Å². The Balaban J connectivity index is 2.19. The highest BCUT2D eigenvalue weighted by Crippen LogP contribution is 2.39. The van der Waals surface area contributed by atoms with E-state index in [1.54, 1.807) is 0 Å². The van der Waals surface area contributed by atoms with Crippen LogP contribution < -0.4 is 5.90 Å². The van der Waals surface area contributed by atoms with Gasteiger partial charge in [0, 0.05) is 0 Å². The molecule has 2 nitrogen and oxygen atoms in total. The van der Waals surface area contributed by atoms with Crippen molar-refractivity contribution in [1.29, 1.82) is 0 Å². The summed E-state index contributed by atoms with van der Waals surface area (Å²) in [4.78, 5) is 4.64. The average molecular weight is 143 g/mol. The van der Waals surface area contributed by atoms with E-state index in [2.05, 4.69) is 18.7 Å². The maximum Gasteiger partial charge on any atom is 0.0730 e. The summed E-state index contributed by atoms with van der Waals surface area (Å²) < 4.78 is 0. The van der Waals surface area contributed by atoms with Crippen LogP contribution in [0, 0.1) is 11.3 Å². The number of rotatable bonds is 4. The molecule has 0 atom stereocenters. The molecular formula is C8H17NO. The van der Waals surface area contributed by atoms with Crippen LogP contribution in [0.1, 0.15) is 33.1 Å². The summed E-state index contributed by atoms with van der Waals surface area (Å²) in [5.41, 5.74) is 0.288. The highest BCUT2D eigenvalue weighted by Gasteiger charge is 2.29. The molecule has 0 saturated heterocycles. The van der Waals surface area contributed by atoms with E-state index in [4.69, 9.17) is 5.90 Å². The first kappa shape index (κ1) is 8.02. The van der Waals surface area contributed by atoms with Crippen molar-refractivity contribution in [2.45, 2.75) is 33.1 Å². The van der Waals surface area contributed by atoms with Gasteiger partial charge in [-0.05, 0) is 17.8 Å². The van der Waals surface area contributed by atoms with Crippen molar-refractivity contribution >= 4 is 0 Å². The van der Waals surface area contributed by atoms with Gasteiger partial charge in [0.15, 0.2) is 0 Å². The van der Waals surface area contributed by atoms with Gasteiger partial charge >= 0.3 is 0 Å². The van der Waals surface area contributed by atoms with Crippen LogP contribution in [0.4, 0.5) is 0 Å². The van der Waals surface area contributed by atoms with E-state index in [-0.39, 0.29) is 5.41 Å². The third kappa shape index (κ3) is 2.67. The molecule has 0 unspecified atom stereocenters. The first-order chi connectivity index (χ1) is 4.64. The van der Waals surface area contributed by atoms with Crippen molar-refractivity contribution in [3.05, 3.63) is 0 Å². The third-order valence-electron chi connectivity index (χ3n) is 2.01. The molecule has 10 heavy (non-hydrogen) atoms. The second kappa shape index (κ2) is 2.89. The summed E-state index contributed by atoms with van der Waals surface area (Å²) in [6.07, 6.45) is 4.09. The summed E-state index contributed by atoms with van der Waals surface area (Å²) in [5, 5.41) is 0. The molecule has 0 spiro atoms. The molecule has 2 heteroatoms. The predicted molar refractivity (Wildman–Crippen MR) is 41.3 cm³/mol. The van der Waals surface area contributed by atoms with Gasteiger partial charge in [-0.25, -0.2) is 5.90 Å². The Kier molecular flexibility index (Phi) is 2.32. The molecule has 1 aliphatic rings. The Hall–Kier alpha value is -0.0800. The van der Waals surface area contributed by atoms with Crippen LogP contribution >= 0.6 is 0 Å². The standard InChI is InChI=1S/C8H17NO/c1-8(2,6-10-9)5-7-3-4-7/h7H,3-6,9H2,1-2H3. The second-order valence-corrected chi connectivity index (χ2v) is 4.12. The summed E-state index contributed by atoms with van der Waals surface area (Å²) in [7, 11) is 0. The van der Waals surface area contributed by atoms with Crippen molar-refractivity contribution < 1.29 is 4.84 Å². The Morgan fingerprint density at radius 3 is 2.50 bits per heavy atom. The van der Waals surface area contributed by atoms with Gasteiger partial charge in [0.1, 0.15) is 0 Å². The minimum atomic E-state index is 0.288. The lowest BCUT2D eigenvalue weighted by Crippen LogP contribution is -2.22. The zero-order valence-electron chi connectivity index (χ0n) is 6.89. The van der Waals surface area contributed by atoms with Crippen LogP contribution in [-0.4, -0.2) is 6.61 Å². The van der Waals surface area contributed by atoms with Gasteiger partial charge < -0.3 is 4.84 Å². The zero-order chi connectivity index (χ0) is 7.61. The molecule has 1 rings (SSSR count). The maximum atomic E-state index is 5.01. The minimum Gasteiger partial charge on any atom is -0.304 e. The fourth-order valence-corrected chi connectivity index (χ4v) is 1.39. The molecule has 0 amide bonds. The predicted octanol–water partition coefficient (Wildman–Crippen LogP) is 1.70. The topological polar surface area (TPSA) is 35.2 Å². The van der Waals surface area contributed by atoms with Crippen molar-refractivity contribution in [2.24, 2.45) is 17.2 Å². The van der Waals surface area contributed by atoms with Crippen LogP contribution in [-0.2, 0) is 4.84 Å². The van der Waals surface area contributed by atoms with Crippen LogP contribution in [0.3, 0.4) is 0 Å². The third-order valence-corrected chi connectivity index (χ3v) is 2.01. The fraction of sp³-hybridized carbons (Fsp3) is 1.00. The lowest BCUT2D eigenvalue weighted by molar-refractivity contribution is 0.0551. The van der Waals surface area contributed by atoms with Gasteiger partial charge in [0.25, 0.3) is 0 Å². The van der Waals surface area contributed by atoms with E-state index in [1.165, 1.54) is 19.3 Å². The zero-order valence-corrected chi connectivity index (χ0v) is 6.89. The van der Waals surface area contributed by atoms with Crippen molar-refractivity contribution in [3.8, 4) is 0 Å². The van der Waals surface area contributed by atoms with Crippen LogP contribution in [0.25, 0.3) is 0 Å². The highest BCUT2D eigenvalue weighted by atomic mass is 16.6. The Labute approximate surface area is 62.7 Å². The Morgan fingerprint density at radius 1 is 1.50 bits per heavy atom. The van der Waals surface area contributed by atoms with Crippen molar-refractivity contribution in [1.82, 2.24) is 0 Å². The van der Waals surface area contributed by atoms with Crippen LogP contribution in [0.5, 0.6) is 0 Å². The number of hydrogen-bond acceptors (Lipinski definition) is 2. The van der Waals surface area contributed by atoms with Crippen molar-refractivity contribution in [2.75, 3.05) is 6.61 Å². The molecular weight excluding hydrogens is 126 g/mol. The molecule has 0 radical (unpaired) electrons. The van der Waals surface area contributed by atoms with E-state index < -0.39 is 0 Å². The molecule has 1 aliphatic carbocycles. The first-order valence-corrected chi connectivity index (χ1v) is 3.96. The lowest BCUT2D eigenvalue weighted by Gasteiger charge is -2.22. The maximum absolute atomic E-state index is 5.01. The average Bonchev–Trinajstić information content (AvgIpc) is 2.48. The van der Waals surface area contributed by atoms with Gasteiger partial charge in [0.2, 0.25) is 0 Å². The molecule has 0 aromatic heterocycles. The number of hydrogen-bond donors (Lipinski definition) is 1. The van der Waals surface area contributed by atoms with E-state index >= 15 is 0 Å². The van der Waals surface area contributed by atoms with Gasteiger partial charge in [-0.15, -0.1) is 0 Å². The molecule has 0 bridgehead atoms. The van der Waals surface area contributed by atoms with Crippen LogP contribution in [0.15, 0.2) is 0 Å². The largest absolute Gasteiger partial charge is 0.304 e. The summed E-state index contributed by atoms with van der Waals surface area (Å²) >= 11 is 0. The highest BCUT2D eigenvalue weighted by molar-refractivity contribution is 4.80. The first-order valence-electron chi connectivity index (χ1n) is 3.96. The molecule has 0 aliphatic heterocycles. The Morgan fingerprint density at radius 2 is 2.10 bits per heavy atom. The summed E-state index contributed by atoms with van der Waals surface area (Å²) in [6.45, 7) is 5.10. The quantitative estimate of drug-likeness (QED) is 0.608. The molecule has 2 N–H and O–H groups in total. The minimum absolute atomic E-state index is 0.288. The van der Waals surface area contributed by atoms with Gasteiger partial charge in [-0.3, -0.25) is 0 Å². The van der Waals surface area contributed by atoms with Gasteiger partial charge in [-0.2, -0.15) is 0 Å². The SMILES string of the molecule is CC(C)(CON)CC1CC1. The molecule has 0 aromatic rings. The molecule has 1 saturated carbocycles.